The first kappa shape index (κ1) is 15.4. The SMILES string of the molecule is CP(=O)(Sc1ccccc1)N(CCCl)CCCl. The van der Waals surface area contributed by atoms with E-state index in [1.807, 2.05) is 35.0 Å². The fraction of sp³-hybridized carbons (Fsp3) is 0.455. The minimum atomic E-state index is -2.48. The van der Waals surface area contributed by atoms with Gasteiger partial charge in [-0.15, -0.1) is 23.2 Å². The van der Waals surface area contributed by atoms with Gasteiger partial charge in [-0.3, -0.25) is 4.57 Å². The minimum Gasteiger partial charge on any atom is -0.295 e. The van der Waals surface area contributed by atoms with Crippen molar-refractivity contribution in [3.05, 3.63) is 30.3 Å². The van der Waals surface area contributed by atoms with Crippen molar-refractivity contribution in [2.45, 2.75) is 4.90 Å². The highest BCUT2D eigenvalue weighted by atomic mass is 35.5. The Morgan fingerprint density at radius 3 is 2.18 bits per heavy atom. The van der Waals surface area contributed by atoms with E-state index in [9.17, 15) is 4.57 Å². The maximum absolute atomic E-state index is 12.6. The molecule has 1 aromatic carbocycles. The van der Waals surface area contributed by atoms with Crippen molar-refractivity contribution in [1.29, 1.82) is 0 Å². The fourth-order valence-electron chi connectivity index (χ4n) is 1.40. The number of nitrogens with zero attached hydrogens (tertiary/aromatic N) is 1. The Morgan fingerprint density at radius 1 is 1.18 bits per heavy atom. The van der Waals surface area contributed by atoms with Crippen molar-refractivity contribution in [3.63, 3.8) is 0 Å². The van der Waals surface area contributed by atoms with E-state index in [2.05, 4.69) is 0 Å². The van der Waals surface area contributed by atoms with Crippen molar-refractivity contribution in [2.24, 2.45) is 0 Å². The summed E-state index contributed by atoms with van der Waals surface area (Å²) in [6, 6.07) is 9.74. The average Bonchev–Trinajstić information content (AvgIpc) is 2.29. The van der Waals surface area contributed by atoms with Crippen molar-refractivity contribution < 1.29 is 4.57 Å². The van der Waals surface area contributed by atoms with E-state index in [0.29, 0.717) is 24.8 Å². The first-order chi connectivity index (χ1) is 8.10. The summed E-state index contributed by atoms with van der Waals surface area (Å²) in [6.45, 7) is 0.489. The number of benzene rings is 1. The third-order valence-corrected chi connectivity index (χ3v) is 7.15. The van der Waals surface area contributed by atoms with Gasteiger partial charge in [0.15, 0.2) is 0 Å². The van der Waals surface area contributed by atoms with Crippen LogP contribution in [-0.4, -0.2) is 36.2 Å². The Balaban J connectivity index is 2.74. The van der Waals surface area contributed by atoms with Crippen LogP contribution in [0.2, 0.25) is 0 Å². The molecule has 6 heteroatoms. The highest BCUT2D eigenvalue weighted by molar-refractivity contribution is 8.57. The van der Waals surface area contributed by atoms with Crippen LogP contribution in [0.1, 0.15) is 0 Å². The largest absolute Gasteiger partial charge is 0.295 e. The molecule has 0 bridgehead atoms. The van der Waals surface area contributed by atoms with Gasteiger partial charge < -0.3 is 0 Å². The number of halogens is 2. The molecular formula is C11H16Cl2NOPS. The van der Waals surface area contributed by atoms with Gasteiger partial charge in [0.1, 0.15) is 0 Å². The molecule has 0 aliphatic heterocycles. The van der Waals surface area contributed by atoms with E-state index in [0.717, 1.165) is 4.90 Å². The molecule has 0 fully saturated rings. The molecule has 0 N–H and O–H groups in total. The predicted molar refractivity (Wildman–Crippen MR) is 78.8 cm³/mol. The van der Waals surface area contributed by atoms with Crippen LogP contribution < -0.4 is 0 Å². The summed E-state index contributed by atoms with van der Waals surface area (Å²) in [5.74, 6) is 0.925. The third-order valence-electron chi connectivity index (χ3n) is 2.22. The summed E-state index contributed by atoms with van der Waals surface area (Å²) in [5.41, 5.74) is 0. The van der Waals surface area contributed by atoms with E-state index < -0.39 is 6.49 Å². The van der Waals surface area contributed by atoms with Crippen LogP contribution in [0.4, 0.5) is 0 Å². The average molecular weight is 312 g/mol. The predicted octanol–water partition coefficient (Wildman–Crippen LogP) is 4.38. The van der Waals surface area contributed by atoms with Gasteiger partial charge in [-0.1, -0.05) is 18.2 Å². The van der Waals surface area contributed by atoms with Crippen LogP contribution in [0.3, 0.4) is 0 Å². The molecule has 0 radical (unpaired) electrons. The van der Waals surface area contributed by atoms with Crippen LogP contribution in [0.5, 0.6) is 0 Å². The van der Waals surface area contributed by atoms with Crippen LogP contribution in [0.15, 0.2) is 35.2 Å². The lowest BCUT2D eigenvalue weighted by molar-refractivity contribution is 0.463. The first-order valence-corrected chi connectivity index (χ1v) is 9.89. The molecule has 0 saturated carbocycles. The smallest absolute Gasteiger partial charge is 0.205 e. The number of alkyl halides is 2. The van der Waals surface area contributed by atoms with Crippen molar-refractivity contribution in [2.75, 3.05) is 31.5 Å². The summed E-state index contributed by atoms with van der Waals surface area (Å²) in [6.07, 6.45) is 0. The van der Waals surface area contributed by atoms with Crippen LogP contribution in [0, 0.1) is 0 Å². The zero-order valence-corrected chi connectivity index (χ0v) is 12.9. The van der Waals surface area contributed by atoms with Crippen molar-refractivity contribution >= 4 is 41.1 Å². The summed E-state index contributed by atoms with van der Waals surface area (Å²) in [7, 11) is 0. The molecule has 0 aliphatic carbocycles. The molecular weight excluding hydrogens is 296 g/mol. The topological polar surface area (TPSA) is 20.3 Å². The standard InChI is InChI=1S/C11H16Cl2NOPS/c1-16(15,14(9-7-12)10-8-13)17-11-5-3-2-4-6-11/h2-6H,7-10H2,1H3. The second-order valence-electron chi connectivity index (χ2n) is 3.54. The monoisotopic (exact) mass is 311 g/mol. The van der Waals surface area contributed by atoms with Crippen molar-refractivity contribution in [1.82, 2.24) is 4.67 Å². The quantitative estimate of drug-likeness (QED) is 0.550. The maximum Gasteiger partial charge on any atom is 0.205 e. The Labute approximate surface area is 117 Å². The van der Waals surface area contributed by atoms with E-state index in [1.54, 1.807) is 6.66 Å². The normalized spacial score (nSPS) is 14.8. The highest BCUT2D eigenvalue weighted by Gasteiger charge is 2.25. The molecule has 0 amide bonds. The minimum absolute atomic E-state index is 0.462. The van der Waals surface area contributed by atoms with Crippen LogP contribution >= 0.6 is 41.1 Å². The second-order valence-corrected chi connectivity index (χ2v) is 9.70. The fourth-order valence-corrected chi connectivity index (χ4v) is 6.14. The van der Waals surface area contributed by atoms with Crippen molar-refractivity contribution in [3.8, 4) is 0 Å². The second kappa shape index (κ2) is 7.70. The third kappa shape index (κ3) is 5.23. The molecule has 1 unspecified atom stereocenters. The maximum atomic E-state index is 12.6. The van der Waals surface area contributed by atoms with E-state index in [4.69, 9.17) is 23.2 Å². The van der Waals surface area contributed by atoms with Gasteiger partial charge >= 0.3 is 0 Å². The van der Waals surface area contributed by atoms with E-state index in [-0.39, 0.29) is 0 Å². The van der Waals surface area contributed by atoms with Gasteiger partial charge in [0.05, 0.1) is 0 Å². The highest BCUT2D eigenvalue weighted by Crippen LogP contribution is 2.61. The van der Waals surface area contributed by atoms with Gasteiger partial charge in [0.2, 0.25) is 6.49 Å². The van der Waals surface area contributed by atoms with Crippen LogP contribution in [0.25, 0.3) is 0 Å². The molecule has 0 spiro atoms. The molecule has 17 heavy (non-hydrogen) atoms. The molecule has 0 aliphatic rings. The van der Waals surface area contributed by atoms with Gasteiger partial charge in [-0.2, -0.15) is 0 Å². The molecule has 1 aromatic rings. The molecule has 0 saturated heterocycles. The van der Waals surface area contributed by atoms with Gasteiger partial charge in [0, 0.05) is 36.4 Å². The molecule has 1 atom stereocenters. The molecule has 1 rings (SSSR count). The van der Waals surface area contributed by atoms with Gasteiger partial charge in [-0.05, 0) is 23.5 Å². The Hall–Kier alpha value is 0.340. The summed E-state index contributed by atoms with van der Waals surface area (Å²) < 4.78 is 14.5. The zero-order valence-electron chi connectivity index (χ0n) is 9.68. The molecule has 0 heterocycles. The number of hydrogen-bond donors (Lipinski definition) is 0. The summed E-state index contributed by atoms with van der Waals surface area (Å²) in [5, 5.41) is 0. The zero-order chi connectivity index (χ0) is 12.7. The molecule has 0 aromatic heterocycles. The Bertz CT molecular complexity index is 371. The molecule has 96 valence electrons. The lowest BCUT2D eigenvalue weighted by Gasteiger charge is -2.27. The Kier molecular flexibility index (Phi) is 6.98. The first-order valence-electron chi connectivity index (χ1n) is 5.29. The summed E-state index contributed by atoms with van der Waals surface area (Å²) >= 11 is 12.8. The van der Waals surface area contributed by atoms with Gasteiger partial charge in [-0.25, -0.2) is 4.67 Å². The van der Waals surface area contributed by atoms with Crippen LogP contribution in [-0.2, 0) is 4.57 Å². The number of rotatable bonds is 7. The Morgan fingerprint density at radius 2 is 1.71 bits per heavy atom. The number of hydrogen-bond acceptors (Lipinski definition) is 2. The van der Waals surface area contributed by atoms with E-state index >= 15 is 0 Å². The summed E-state index contributed by atoms with van der Waals surface area (Å²) in [4.78, 5) is 1.01. The lowest BCUT2D eigenvalue weighted by Crippen LogP contribution is -2.23. The van der Waals surface area contributed by atoms with Gasteiger partial charge in [0.25, 0.3) is 0 Å². The molecule has 2 nitrogen and oxygen atoms in total. The van der Waals surface area contributed by atoms with E-state index in [1.165, 1.54) is 11.4 Å². The lowest BCUT2D eigenvalue weighted by atomic mass is 10.4.